The van der Waals surface area contributed by atoms with E-state index >= 15 is 0 Å². The van der Waals surface area contributed by atoms with Gasteiger partial charge in [0.05, 0.1) is 19.5 Å². The first-order valence-electron chi connectivity index (χ1n) is 6.93. The number of aromatic amines is 1. The number of rotatable bonds is 4. The quantitative estimate of drug-likeness (QED) is 0.898. The predicted molar refractivity (Wildman–Crippen MR) is 75.9 cm³/mol. The maximum Gasteiger partial charge on any atom is 0.161 e. The Bertz CT molecular complexity index is 554. The van der Waals surface area contributed by atoms with E-state index in [-0.39, 0.29) is 6.04 Å². The molecular formula is C15H19N3O2. The van der Waals surface area contributed by atoms with E-state index in [9.17, 15) is 0 Å². The van der Waals surface area contributed by atoms with Crippen LogP contribution in [-0.4, -0.2) is 23.2 Å². The minimum absolute atomic E-state index is 0.232. The zero-order chi connectivity index (χ0) is 13.8. The van der Waals surface area contributed by atoms with Gasteiger partial charge in [0.25, 0.3) is 0 Å². The Hall–Kier alpha value is -2.01. The van der Waals surface area contributed by atoms with Crippen molar-refractivity contribution >= 4 is 0 Å². The minimum atomic E-state index is 0.232. The van der Waals surface area contributed by atoms with E-state index in [1.807, 2.05) is 12.3 Å². The molecule has 2 N–H and O–H groups in total. The summed E-state index contributed by atoms with van der Waals surface area (Å²) in [7, 11) is 0. The van der Waals surface area contributed by atoms with Crippen molar-refractivity contribution in [1.29, 1.82) is 0 Å². The van der Waals surface area contributed by atoms with Crippen LogP contribution in [0.4, 0.5) is 0 Å². The monoisotopic (exact) mass is 273 g/mol. The smallest absolute Gasteiger partial charge is 0.161 e. The Labute approximate surface area is 118 Å². The summed E-state index contributed by atoms with van der Waals surface area (Å²) in [6.07, 6.45) is 4.45. The first-order chi connectivity index (χ1) is 9.83. The number of hydrogen-bond acceptors (Lipinski definition) is 4. The van der Waals surface area contributed by atoms with Crippen molar-refractivity contribution in [3.05, 3.63) is 42.0 Å². The van der Waals surface area contributed by atoms with Crippen molar-refractivity contribution in [2.24, 2.45) is 0 Å². The molecule has 106 valence electrons. The van der Waals surface area contributed by atoms with E-state index in [0.717, 1.165) is 36.8 Å². The van der Waals surface area contributed by atoms with Crippen LogP contribution in [0.1, 0.15) is 30.6 Å². The Kier molecular flexibility index (Phi) is 3.87. The number of imidazole rings is 1. The molecule has 0 saturated heterocycles. The van der Waals surface area contributed by atoms with Gasteiger partial charge in [0.1, 0.15) is 0 Å². The zero-order valence-corrected chi connectivity index (χ0v) is 11.6. The van der Waals surface area contributed by atoms with Crippen LogP contribution in [0.3, 0.4) is 0 Å². The molecule has 0 bridgehead atoms. The molecule has 1 aliphatic heterocycles. The number of benzene rings is 1. The summed E-state index contributed by atoms with van der Waals surface area (Å²) in [5, 5.41) is 3.46. The normalized spacial score (nSPS) is 15.7. The van der Waals surface area contributed by atoms with Gasteiger partial charge in [-0.05, 0) is 24.6 Å². The molecule has 0 saturated carbocycles. The number of H-pyrrole nitrogens is 1. The van der Waals surface area contributed by atoms with Crippen molar-refractivity contribution in [3.63, 3.8) is 0 Å². The fourth-order valence-electron chi connectivity index (χ4n) is 2.21. The number of aromatic nitrogens is 2. The molecule has 0 aliphatic carbocycles. The number of fused-ring (bicyclic) bond motifs is 1. The highest BCUT2D eigenvalue weighted by atomic mass is 16.5. The van der Waals surface area contributed by atoms with Crippen LogP contribution in [0.15, 0.2) is 30.7 Å². The van der Waals surface area contributed by atoms with Crippen LogP contribution in [0.25, 0.3) is 0 Å². The molecule has 20 heavy (non-hydrogen) atoms. The van der Waals surface area contributed by atoms with E-state index < -0.39 is 0 Å². The average Bonchev–Trinajstić information content (AvgIpc) is 2.88. The largest absolute Gasteiger partial charge is 0.490 e. The summed E-state index contributed by atoms with van der Waals surface area (Å²) in [5.74, 6) is 1.68. The second-order valence-electron chi connectivity index (χ2n) is 4.94. The predicted octanol–water partition coefficient (Wildman–Crippen LogP) is 2.42. The van der Waals surface area contributed by atoms with Crippen LogP contribution < -0.4 is 14.8 Å². The fourth-order valence-corrected chi connectivity index (χ4v) is 2.21. The Balaban J connectivity index is 1.68. The number of hydrogen-bond donors (Lipinski definition) is 2. The zero-order valence-electron chi connectivity index (χ0n) is 11.6. The molecule has 0 radical (unpaired) electrons. The molecule has 1 unspecified atom stereocenters. The van der Waals surface area contributed by atoms with Crippen molar-refractivity contribution in [2.75, 3.05) is 13.2 Å². The lowest BCUT2D eigenvalue weighted by Gasteiger charge is -2.16. The van der Waals surface area contributed by atoms with Crippen molar-refractivity contribution in [3.8, 4) is 11.5 Å². The second-order valence-corrected chi connectivity index (χ2v) is 4.94. The summed E-state index contributed by atoms with van der Waals surface area (Å²) in [6, 6.07) is 6.36. The molecule has 0 spiro atoms. The highest BCUT2D eigenvalue weighted by Crippen LogP contribution is 2.32. The van der Waals surface area contributed by atoms with E-state index in [1.54, 1.807) is 6.33 Å². The lowest BCUT2D eigenvalue weighted by molar-refractivity contribution is 0.297. The van der Waals surface area contributed by atoms with E-state index in [0.29, 0.717) is 6.61 Å². The van der Waals surface area contributed by atoms with Crippen LogP contribution in [-0.2, 0) is 6.54 Å². The fraction of sp³-hybridized carbons (Fsp3) is 0.400. The molecule has 2 heterocycles. The second kappa shape index (κ2) is 5.96. The van der Waals surface area contributed by atoms with Gasteiger partial charge in [0, 0.05) is 30.9 Å². The van der Waals surface area contributed by atoms with Gasteiger partial charge in [-0.15, -0.1) is 0 Å². The van der Waals surface area contributed by atoms with Gasteiger partial charge < -0.3 is 19.8 Å². The summed E-state index contributed by atoms with van der Waals surface area (Å²) in [6.45, 7) is 4.33. The van der Waals surface area contributed by atoms with E-state index in [2.05, 4.69) is 34.3 Å². The molecule has 0 fully saturated rings. The molecule has 0 amide bonds. The van der Waals surface area contributed by atoms with Gasteiger partial charge >= 0.3 is 0 Å². The highest BCUT2D eigenvalue weighted by Gasteiger charge is 2.13. The lowest BCUT2D eigenvalue weighted by Crippen LogP contribution is -2.18. The third kappa shape index (κ3) is 2.93. The molecule has 2 aromatic rings. The van der Waals surface area contributed by atoms with Crippen molar-refractivity contribution < 1.29 is 9.47 Å². The molecule has 1 aromatic heterocycles. The highest BCUT2D eigenvalue weighted by molar-refractivity contribution is 5.44. The van der Waals surface area contributed by atoms with Crippen molar-refractivity contribution in [1.82, 2.24) is 15.3 Å². The average molecular weight is 273 g/mol. The molecule has 1 atom stereocenters. The summed E-state index contributed by atoms with van der Waals surface area (Å²) < 4.78 is 11.4. The van der Waals surface area contributed by atoms with Gasteiger partial charge in [-0.3, -0.25) is 0 Å². The van der Waals surface area contributed by atoms with E-state index in [1.165, 1.54) is 5.56 Å². The topological polar surface area (TPSA) is 59.2 Å². The molecule has 5 heteroatoms. The van der Waals surface area contributed by atoms with Crippen LogP contribution in [0, 0.1) is 0 Å². The Morgan fingerprint density at radius 2 is 2.15 bits per heavy atom. The van der Waals surface area contributed by atoms with Gasteiger partial charge in [0.15, 0.2) is 11.5 Å². The van der Waals surface area contributed by atoms with Gasteiger partial charge in [-0.2, -0.15) is 0 Å². The maximum absolute atomic E-state index is 5.72. The third-order valence-corrected chi connectivity index (χ3v) is 3.43. The van der Waals surface area contributed by atoms with Crippen LogP contribution >= 0.6 is 0 Å². The van der Waals surface area contributed by atoms with Crippen molar-refractivity contribution in [2.45, 2.75) is 25.9 Å². The molecule has 1 aliphatic rings. The van der Waals surface area contributed by atoms with Crippen LogP contribution in [0.5, 0.6) is 11.5 Å². The standard InChI is InChI=1S/C15H19N3O2/c1-11(17-9-13-8-16-10-18-13)12-3-4-14-15(7-12)20-6-2-5-19-14/h3-4,7-8,10-11,17H,2,5-6,9H2,1H3,(H,16,18). The molecular weight excluding hydrogens is 254 g/mol. The molecule has 3 rings (SSSR count). The summed E-state index contributed by atoms with van der Waals surface area (Å²) in [5.41, 5.74) is 2.26. The number of nitrogens with zero attached hydrogens (tertiary/aromatic N) is 1. The third-order valence-electron chi connectivity index (χ3n) is 3.43. The number of nitrogens with one attached hydrogen (secondary N) is 2. The first-order valence-corrected chi connectivity index (χ1v) is 6.93. The molecule has 5 nitrogen and oxygen atoms in total. The minimum Gasteiger partial charge on any atom is -0.490 e. The summed E-state index contributed by atoms with van der Waals surface area (Å²) >= 11 is 0. The summed E-state index contributed by atoms with van der Waals surface area (Å²) in [4.78, 5) is 7.09. The van der Waals surface area contributed by atoms with E-state index in [4.69, 9.17) is 9.47 Å². The lowest BCUT2D eigenvalue weighted by atomic mass is 10.1. The van der Waals surface area contributed by atoms with Gasteiger partial charge in [-0.1, -0.05) is 6.07 Å². The van der Waals surface area contributed by atoms with Crippen LogP contribution in [0.2, 0.25) is 0 Å². The molecule has 1 aromatic carbocycles. The Morgan fingerprint density at radius 3 is 2.95 bits per heavy atom. The first kappa shape index (κ1) is 13.0. The maximum atomic E-state index is 5.72. The number of ether oxygens (including phenoxy) is 2. The SMILES string of the molecule is CC(NCc1cnc[nH]1)c1ccc2c(c1)OCCCO2. The Morgan fingerprint density at radius 1 is 1.30 bits per heavy atom. The van der Waals surface area contributed by atoms with Gasteiger partial charge in [0.2, 0.25) is 0 Å². The van der Waals surface area contributed by atoms with Gasteiger partial charge in [-0.25, -0.2) is 4.98 Å².